The van der Waals surface area contributed by atoms with Gasteiger partial charge in [0.15, 0.2) is 5.96 Å². The van der Waals surface area contributed by atoms with E-state index in [1.54, 1.807) is 7.11 Å². The first-order valence-corrected chi connectivity index (χ1v) is 10.6. The van der Waals surface area contributed by atoms with Gasteiger partial charge in [-0.2, -0.15) is 0 Å². The monoisotopic (exact) mass is 416 g/mol. The molecule has 2 aromatic rings. The van der Waals surface area contributed by atoms with E-state index in [-0.39, 0.29) is 5.92 Å². The van der Waals surface area contributed by atoms with Gasteiger partial charge in [0.25, 0.3) is 0 Å². The molecule has 0 aliphatic carbocycles. The topological polar surface area (TPSA) is 80.9 Å². The molecular weight excluding hydrogens is 380 g/mol. The Kier molecular flexibility index (Phi) is 9.67. The van der Waals surface area contributed by atoms with Crippen LogP contribution in [-0.2, 0) is 11.3 Å². The molecule has 1 unspecified atom stereocenters. The summed E-state index contributed by atoms with van der Waals surface area (Å²) in [5.41, 5.74) is 4.33. The van der Waals surface area contributed by atoms with Gasteiger partial charge in [0.2, 0.25) is 0 Å². The van der Waals surface area contributed by atoms with Gasteiger partial charge in [-0.15, -0.1) is 0 Å². The molecule has 0 radical (unpaired) electrons. The molecular formula is C23H36N4O3. The molecule has 0 bridgehead atoms. The molecule has 2 N–H and O–H groups in total. The van der Waals surface area contributed by atoms with Crippen molar-refractivity contribution in [3.05, 3.63) is 46.3 Å². The van der Waals surface area contributed by atoms with Crippen molar-refractivity contribution < 1.29 is 14.0 Å². The van der Waals surface area contributed by atoms with Gasteiger partial charge >= 0.3 is 0 Å². The van der Waals surface area contributed by atoms with Crippen molar-refractivity contribution in [2.75, 3.05) is 33.4 Å². The number of nitrogens with one attached hydrogen (secondary N) is 2. The van der Waals surface area contributed by atoms with E-state index in [2.05, 4.69) is 54.8 Å². The maximum Gasteiger partial charge on any atom is 0.191 e. The summed E-state index contributed by atoms with van der Waals surface area (Å²) >= 11 is 0. The lowest BCUT2D eigenvalue weighted by molar-refractivity contribution is 0.172. The number of ether oxygens (including phenoxy) is 2. The zero-order valence-corrected chi connectivity index (χ0v) is 19.2. The highest BCUT2D eigenvalue weighted by atomic mass is 16.5. The lowest BCUT2D eigenvalue weighted by Gasteiger charge is -2.16. The predicted octanol–water partition coefficient (Wildman–Crippen LogP) is 3.87. The van der Waals surface area contributed by atoms with Crippen molar-refractivity contribution >= 4 is 5.96 Å². The molecule has 1 aromatic carbocycles. The van der Waals surface area contributed by atoms with Gasteiger partial charge < -0.3 is 24.6 Å². The second kappa shape index (κ2) is 12.2. The van der Waals surface area contributed by atoms with E-state index >= 15 is 0 Å². The van der Waals surface area contributed by atoms with Gasteiger partial charge in [0.05, 0.1) is 18.8 Å². The Balaban J connectivity index is 2.03. The first-order valence-electron chi connectivity index (χ1n) is 10.6. The molecule has 30 heavy (non-hydrogen) atoms. The zero-order chi connectivity index (χ0) is 21.9. The summed E-state index contributed by atoms with van der Waals surface area (Å²) in [6.07, 6.45) is 0.858. The quantitative estimate of drug-likeness (QED) is 0.329. The van der Waals surface area contributed by atoms with Crippen LogP contribution >= 0.6 is 0 Å². The van der Waals surface area contributed by atoms with E-state index in [1.165, 1.54) is 5.56 Å². The smallest absolute Gasteiger partial charge is 0.191 e. The van der Waals surface area contributed by atoms with E-state index in [4.69, 9.17) is 19.0 Å². The van der Waals surface area contributed by atoms with Gasteiger partial charge in [-0.25, -0.2) is 4.99 Å². The minimum atomic E-state index is 0.263. The number of methoxy groups -OCH3 is 1. The highest BCUT2D eigenvalue weighted by molar-refractivity contribution is 5.79. The summed E-state index contributed by atoms with van der Waals surface area (Å²) < 4.78 is 16.4. The molecule has 2 rings (SSSR count). The Morgan fingerprint density at radius 3 is 2.67 bits per heavy atom. The largest absolute Gasteiger partial charge is 0.493 e. The fourth-order valence-corrected chi connectivity index (χ4v) is 3.36. The molecule has 0 saturated heterocycles. The second-order valence-corrected chi connectivity index (χ2v) is 7.52. The maximum absolute atomic E-state index is 5.98. The van der Waals surface area contributed by atoms with Crippen LogP contribution < -0.4 is 15.4 Å². The molecule has 1 aromatic heterocycles. The highest BCUT2D eigenvalue weighted by Gasteiger charge is 2.16. The second-order valence-electron chi connectivity index (χ2n) is 7.52. The molecule has 7 nitrogen and oxygen atoms in total. The molecule has 0 aliphatic rings. The van der Waals surface area contributed by atoms with E-state index in [0.717, 1.165) is 53.8 Å². The van der Waals surface area contributed by atoms with Crippen molar-refractivity contribution in [1.29, 1.82) is 0 Å². The van der Waals surface area contributed by atoms with E-state index in [1.807, 2.05) is 13.8 Å². The number of guanidine groups is 1. The molecule has 0 spiro atoms. The van der Waals surface area contributed by atoms with Gasteiger partial charge in [0, 0.05) is 50.3 Å². The zero-order valence-electron chi connectivity index (χ0n) is 19.2. The van der Waals surface area contributed by atoms with E-state index in [9.17, 15) is 0 Å². The summed E-state index contributed by atoms with van der Waals surface area (Å²) in [7, 11) is 1.70. The standard InChI is InChI=1S/C23H36N4O3/c1-7-24-23(25-14-17(3)22-18(4)27-30-19(22)5)26-15-20-10-9-16(2)13-21(20)29-12-8-11-28-6/h9-10,13,17H,7-8,11-12,14-15H2,1-6H3,(H2,24,25,26). The van der Waals surface area contributed by atoms with Crippen LogP contribution in [0.15, 0.2) is 27.7 Å². The lowest BCUT2D eigenvalue weighted by Crippen LogP contribution is -2.39. The Hall–Kier alpha value is -2.54. The molecule has 7 heteroatoms. The number of aryl methyl sites for hydroxylation is 3. The van der Waals surface area contributed by atoms with Crippen molar-refractivity contribution in [3.8, 4) is 5.75 Å². The molecule has 0 amide bonds. The van der Waals surface area contributed by atoms with Crippen LogP contribution in [-0.4, -0.2) is 44.5 Å². The van der Waals surface area contributed by atoms with Crippen LogP contribution in [0.4, 0.5) is 0 Å². The number of hydrogen-bond donors (Lipinski definition) is 2. The van der Waals surface area contributed by atoms with Crippen LogP contribution in [0.1, 0.15) is 54.3 Å². The van der Waals surface area contributed by atoms with Crippen LogP contribution in [0.3, 0.4) is 0 Å². The van der Waals surface area contributed by atoms with Crippen LogP contribution in [0.5, 0.6) is 5.75 Å². The van der Waals surface area contributed by atoms with Gasteiger partial charge in [0.1, 0.15) is 11.5 Å². The maximum atomic E-state index is 5.98. The van der Waals surface area contributed by atoms with Crippen molar-refractivity contribution in [3.63, 3.8) is 0 Å². The summed E-state index contributed by atoms with van der Waals surface area (Å²) in [6, 6.07) is 6.24. The third kappa shape index (κ3) is 7.06. The average molecular weight is 417 g/mol. The SMILES string of the molecule is CCNC(=NCc1ccc(C)cc1OCCCOC)NCC(C)c1c(C)noc1C. The van der Waals surface area contributed by atoms with Gasteiger partial charge in [-0.3, -0.25) is 0 Å². The molecule has 0 fully saturated rings. The minimum absolute atomic E-state index is 0.263. The molecule has 0 saturated carbocycles. The predicted molar refractivity (Wildman–Crippen MR) is 120 cm³/mol. The number of nitrogens with zero attached hydrogens (tertiary/aromatic N) is 2. The fraction of sp³-hybridized carbons (Fsp3) is 0.565. The molecule has 1 atom stereocenters. The Labute approximate surface area is 180 Å². The highest BCUT2D eigenvalue weighted by Crippen LogP contribution is 2.23. The van der Waals surface area contributed by atoms with E-state index < -0.39 is 0 Å². The van der Waals surface area contributed by atoms with Crippen LogP contribution in [0, 0.1) is 20.8 Å². The van der Waals surface area contributed by atoms with E-state index in [0.29, 0.717) is 19.8 Å². The molecule has 0 aliphatic heterocycles. The first kappa shape index (κ1) is 23.7. The van der Waals surface area contributed by atoms with Gasteiger partial charge in [-0.1, -0.05) is 24.2 Å². The van der Waals surface area contributed by atoms with Crippen molar-refractivity contribution in [2.45, 2.75) is 53.5 Å². The van der Waals surface area contributed by atoms with Crippen LogP contribution in [0.2, 0.25) is 0 Å². The Bertz CT molecular complexity index is 797. The Morgan fingerprint density at radius 2 is 2.00 bits per heavy atom. The molecule has 166 valence electrons. The van der Waals surface area contributed by atoms with Crippen LogP contribution in [0.25, 0.3) is 0 Å². The summed E-state index contributed by atoms with van der Waals surface area (Å²) in [6.45, 7) is 13.6. The minimum Gasteiger partial charge on any atom is -0.493 e. The van der Waals surface area contributed by atoms with Crippen molar-refractivity contribution in [1.82, 2.24) is 15.8 Å². The summed E-state index contributed by atoms with van der Waals surface area (Å²) in [5.74, 6) is 2.80. The third-order valence-electron chi connectivity index (χ3n) is 4.88. The van der Waals surface area contributed by atoms with Gasteiger partial charge in [-0.05, 0) is 39.3 Å². The fourth-order valence-electron chi connectivity index (χ4n) is 3.36. The third-order valence-corrected chi connectivity index (χ3v) is 4.88. The Morgan fingerprint density at radius 1 is 1.20 bits per heavy atom. The first-order chi connectivity index (χ1) is 14.5. The summed E-state index contributed by atoms with van der Waals surface area (Å²) in [4.78, 5) is 4.77. The number of hydrogen-bond acceptors (Lipinski definition) is 5. The average Bonchev–Trinajstić information content (AvgIpc) is 3.06. The number of aliphatic imine (C=N–C) groups is 1. The molecule has 1 heterocycles. The van der Waals surface area contributed by atoms with Crippen molar-refractivity contribution in [2.24, 2.45) is 4.99 Å². The normalized spacial score (nSPS) is 12.7. The summed E-state index contributed by atoms with van der Waals surface area (Å²) in [5, 5.41) is 10.8. The number of rotatable bonds is 11. The number of benzene rings is 1. The lowest BCUT2D eigenvalue weighted by atomic mass is 10.00. The number of aromatic nitrogens is 1.